The summed E-state index contributed by atoms with van der Waals surface area (Å²) in [5, 5.41) is 9.40. The molecule has 0 aliphatic heterocycles. The summed E-state index contributed by atoms with van der Waals surface area (Å²) in [5.74, 6) is 0. The quantitative estimate of drug-likeness (QED) is 0.849. The van der Waals surface area contributed by atoms with Gasteiger partial charge in [0.25, 0.3) is 0 Å². The van der Waals surface area contributed by atoms with E-state index in [1.54, 1.807) is 36.4 Å². The lowest BCUT2D eigenvalue weighted by Crippen LogP contribution is -2.11. The van der Waals surface area contributed by atoms with Crippen molar-refractivity contribution in [3.05, 3.63) is 53.5 Å². The number of hydrogen-bond acceptors (Lipinski definition) is 3. The van der Waals surface area contributed by atoms with Crippen molar-refractivity contribution in [1.82, 2.24) is 0 Å². The lowest BCUT2D eigenvalue weighted by Gasteiger charge is -2.12. The summed E-state index contributed by atoms with van der Waals surface area (Å²) in [4.78, 5) is 0.414. The number of allylic oxidation sites excluding steroid dienone is 1. The summed E-state index contributed by atoms with van der Waals surface area (Å²) >= 11 is 0. The van der Waals surface area contributed by atoms with Crippen LogP contribution < -0.4 is 0 Å². The minimum Gasteiger partial charge on any atom is -0.389 e. The molecule has 0 aromatic heterocycles. The topological polar surface area (TPSA) is 54.4 Å². The molecular weight excluding hydrogens is 224 g/mol. The van der Waals surface area contributed by atoms with E-state index in [-0.39, 0.29) is 9.80 Å². The lowest BCUT2D eigenvalue weighted by atomic mass is 10.1. The molecule has 1 aromatic carbocycles. The smallest absolute Gasteiger partial charge is 0.206 e. The van der Waals surface area contributed by atoms with Crippen LogP contribution in [0.25, 0.3) is 0 Å². The third-order valence-electron chi connectivity index (χ3n) is 2.38. The lowest BCUT2D eigenvalue weighted by molar-refractivity contribution is 0.225. The highest BCUT2D eigenvalue weighted by Crippen LogP contribution is 2.23. The zero-order valence-corrected chi connectivity index (χ0v) is 9.39. The number of hydrogen-bond donors (Lipinski definition) is 1. The third-order valence-corrected chi connectivity index (χ3v) is 4.17. The second-order valence-electron chi connectivity index (χ2n) is 3.59. The van der Waals surface area contributed by atoms with E-state index >= 15 is 0 Å². The zero-order chi connectivity index (χ0) is 11.6. The molecule has 3 nitrogen and oxygen atoms in total. The maximum absolute atomic E-state index is 12.1. The van der Waals surface area contributed by atoms with E-state index in [1.165, 1.54) is 12.2 Å². The number of aliphatic hydroxyl groups is 1. The molecule has 0 bridgehead atoms. The summed E-state index contributed by atoms with van der Waals surface area (Å²) < 4.78 is 24.2. The van der Waals surface area contributed by atoms with Crippen molar-refractivity contribution in [3.63, 3.8) is 0 Å². The maximum Gasteiger partial charge on any atom is 0.206 e. The first-order chi connectivity index (χ1) is 7.60. The standard InChI is InChI=1S/C12H12O3S/c13-10-5-4-8-12(9-10)16(14,15)11-6-2-1-3-7-11/h1-4,6-10,13H,5H2/t10-/m0/s1. The molecule has 1 aliphatic rings. The SMILES string of the molecule is O=S(=O)(C1=C[C@@H](O)CC=C1)c1ccccc1. The Morgan fingerprint density at radius 3 is 2.50 bits per heavy atom. The molecule has 2 rings (SSSR count). The highest BCUT2D eigenvalue weighted by molar-refractivity contribution is 7.95. The Labute approximate surface area is 94.7 Å². The number of benzene rings is 1. The van der Waals surface area contributed by atoms with E-state index in [4.69, 9.17) is 0 Å². The molecule has 1 aromatic rings. The van der Waals surface area contributed by atoms with E-state index in [9.17, 15) is 13.5 Å². The number of aliphatic hydroxyl groups excluding tert-OH is 1. The average Bonchev–Trinajstić information content (AvgIpc) is 2.30. The molecular formula is C12H12O3S. The van der Waals surface area contributed by atoms with Gasteiger partial charge in [0.05, 0.1) is 15.9 Å². The number of sulfone groups is 1. The number of rotatable bonds is 2. The van der Waals surface area contributed by atoms with Crippen LogP contribution >= 0.6 is 0 Å². The van der Waals surface area contributed by atoms with Gasteiger partial charge in [-0.2, -0.15) is 0 Å². The van der Waals surface area contributed by atoms with Gasteiger partial charge in [-0.3, -0.25) is 0 Å². The second-order valence-corrected chi connectivity index (χ2v) is 5.54. The third kappa shape index (κ3) is 2.08. The molecule has 1 N–H and O–H groups in total. The van der Waals surface area contributed by atoms with E-state index in [0.29, 0.717) is 6.42 Å². The van der Waals surface area contributed by atoms with Crippen LogP contribution in [0.4, 0.5) is 0 Å². The van der Waals surface area contributed by atoms with Crippen molar-refractivity contribution in [3.8, 4) is 0 Å². The van der Waals surface area contributed by atoms with E-state index in [1.807, 2.05) is 0 Å². The van der Waals surface area contributed by atoms with Crippen molar-refractivity contribution in [2.75, 3.05) is 0 Å². The Bertz CT molecular complexity index is 527. The van der Waals surface area contributed by atoms with Crippen LogP contribution in [0.15, 0.2) is 58.4 Å². The predicted octanol–water partition coefficient (Wildman–Crippen LogP) is 1.67. The van der Waals surface area contributed by atoms with Crippen LogP contribution in [0.3, 0.4) is 0 Å². The molecule has 1 atom stereocenters. The Morgan fingerprint density at radius 1 is 1.19 bits per heavy atom. The molecule has 0 spiro atoms. The maximum atomic E-state index is 12.1. The molecule has 0 amide bonds. The van der Waals surface area contributed by atoms with Crippen LogP contribution in [-0.4, -0.2) is 19.6 Å². The first-order valence-corrected chi connectivity index (χ1v) is 6.45. The van der Waals surface area contributed by atoms with Crippen LogP contribution in [0, 0.1) is 0 Å². The van der Waals surface area contributed by atoms with Gasteiger partial charge in [0.2, 0.25) is 9.84 Å². The second kappa shape index (κ2) is 4.23. The minimum absolute atomic E-state index is 0.164. The van der Waals surface area contributed by atoms with Gasteiger partial charge in [0, 0.05) is 0 Å². The summed E-state index contributed by atoms with van der Waals surface area (Å²) in [6.45, 7) is 0. The molecule has 4 heteroatoms. The molecule has 0 unspecified atom stereocenters. The average molecular weight is 236 g/mol. The minimum atomic E-state index is -3.48. The molecule has 16 heavy (non-hydrogen) atoms. The van der Waals surface area contributed by atoms with Gasteiger partial charge in [-0.1, -0.05) is 24.3 Å². The van der Waals surface area contributed by atoms with Gasteiger partial charge in [0.15, 0.2) is 0 Å². The van der Waals surface area contributed by atoms with E-state index in [2.05, 4.69) is 0 Å². The highest BCUT2D eigenvalue weighted by atomic mass is 32.2. The molecule has 0 saturated heterocycles. The zero-order valence-electron chi connectivity index (χ0n) is 8.58. The first-order valence-electron chi connectivity index (χ1n) is 4.97. The normalized spacial score (nSPS) is 20.6. The van der Waals surface area contributed by atoms with Crippen LogP contribution in [0.2, 0.25) is 0 Å². The Balaban J connectivity index is 2.45. The van der Waals surface area contributed by atoms with Crippen LogP contribution in [0.1, 0.15) is 6.42 Å². The Morgan fingerprint density at radius 2 is 1.88 bits per heavy atom. The van der Waals surface area contributed by atoms with E-state index < -0.39 is 15.9 Å². The molecule has 0 saturated carbocycles. The fourth-order valence-corrected chi connectivity index (χ4v) is 2.95. The van der Waals surface area contributed by atoms with Crippen molar-refractivity contribution >= 4 is 9.84 Å². The fourth-order valence-electron chi connectivity index (χ4n) is 1.55. The van der Waals surface area contributed by atoms with E-state index in [0.717, 1.165) is 0 Å². The van der Waals surface area contributed by atoms with Gasteiger partial charge in [-0.15, -0.1) is 0 Å². The summed E-state index contributed by atoms with van der Waals surface area (Å²) in [5.41, 5.74) is 0. The first kappa shape index (κ1) is 11.1. The summed E-state index contributed by atoms with van der Waals surface area (Å²) in [6, 6.07) is 8.21. The van der Waals surface area contributed by atoms with Crippen LogP contribution in [-0.2, 0) is 9.84 Å². The van der Waals surface area contributed by atoms with Crippen molar-refractivity contribution < 1.29 is 13.5 Å². The molecule has 0 heterocycles. The Kier molecular flexibility index (Phi) is 2.94. The van der Waals surface area contributed by atoms with Crippen molar-refractivity contribution in [2.45, 2.75) is 17.4 Å². The molecule has 1 aliphatic carbocycles. The van der Waals surface area contributed by atoms with Gasteiger partial charge in [0.1, 0.15) is 0 Å². The van der Waals surface area contributed by atoms with Gasteiger partial charge >= 0.3 is 0 Å². The van der Waals surface area contributed by atoms with Crippen molar-refractivity contribution in [1.29, 1.82) is 0 Å². The molecule has 0 fully saturated rings. The summed E-state index contributed by atoms with van der Waals surface area (Å²) in [7, 11) is -3.48. The van der Waals surface area contributed by atoms with Crippen molar-refractivity contribution in [2.24, 2.45) is 0 Å². The largest absolute Gasteiger partial charge is 0.389 e. The van der Waals surface area contributed by atoms with Gasteiger partial charge < -0.3 is 5.11 Å². The Hall–Kier alpha value is -1.39. The molecule has 84 valence electrons. The van der Waals surface area contributed by atoms with Gasteiger partial charge in [-0.05, 0) is 30.7 Å². The van der Waals surface area contributed by atoms with Gasteiger partial charge in [-0.25, -0.2) is 8.42 Å². The highest BCUT2D eigenvalue weighted by Gasteiger charge is 2.20. The fraction of sp³-hybridized carbons (Fsp3) is 0.167. The predicted molar refractivity (Wildman–Crippen MR) is 61.5 cm³/mol. The summed E-state index contributed by atoms with van der Waals surface area (Å²) in [6.07, 6.45) is 4.34. The van der Waals surface area contributed by atoms with Crippen LogP contribution in [0.5, 0.6) is 0 Å². The monoisotopic (exact) mass is 236 g/mol. The molecule has 0 radical (unpaired) electrons.